The highest BCUT2D eigenvalue weighted by molar-refractivity contribution is 9.11. The van der Waals surface area contributed by atoms with Gasteiger partial charge in [0.25, 0.3) is 0 Å². The SMILES string of the molecule is CC(C)CCNCc1cc(Br)c(OCc2ccccc2)c(Br)c1. The fourth-order valence-corrected chi connectivity index (χ4v) is 3.72. The van der Waals surface area contributed by atoms with Gasteiger partial charge in [0.2, 0.25) is 0 Å². The van der Waals surface area contributed by atoms with Crippen molar-refractivity contribution in [3.63, 3.8) is 0 Å². The monoisotopic (exact) mass is 439 g/mol. The molecular weight excluding hydrogens is 418 g/mol. The summed E-state index contributed by atoms with van der Waals surface area (Å²) in [6.07, 6.45) is 1.20. The zero-order valence-corrected chi connectivity index (χ0v) is 16.8. The summed E-state index contributed by atoms with van der Waals surface area (Å²) in [5, 5.41) is 3.48. The first-order valence-electron chi connectivity index (χ1n) is 7.91. The minimum Gasteiger partial charge on any atom is -0.487 e. The van der Waals surface area contributed by atoms with E-state index in [0.29, 0.717) is 6.61 Å². The van der Waals surface area contributed by atoms with Gasteiger partial charge in [-0.15, -0.1) is 0 Å². The van der Waals surface area contributed by atoms with Gasteiger partial charge in [-0.1, -0.05) is 44.2 Å². The summed E-state index contributed by atoms with van der Waals surface area (Å²) in [7, 11) is 0. The predicted octanol–water partition coefficient (Wildman–Crippen LogP) is 5.93. The molecule has 0 saturated heterocycles. The first-order valence-corrected chi connectivity index (χ1v) is 9.50. The molecule has 0 atom stereocenters. The van der Waals surface area contributed by atoms with E-state index in [1.807, 2.05) is 18.2 Å². The van der Waals surface area contributed by atoms with Crippen molar-refractivity contribution in [3.8, 4) is 5.75 Å². The zero-order chi connectivity index (χ0) is 16.7. The molecule has 0 aliphatic carbocycles. The van der Waals surface area contributed by atoms with E-state index < -0.39 is 0 Å². The number of rotatable bonds is 8. The van der Waals surface area contributed by atoms with Gasteiger partial charge in [-0.25, -0.2) is 0 Å². The molecule has 0 amide bonds. The van der Waals surface area contributed by atoms with Gasteiger partial charge < -0.3 is 10.1 Å². The number of nitrogens with one attached hydrogen (secondary N) is 1. The van der Waals surface area contributed by atoms with Crippen LogP contribution in [0.5, 0.6) is 5.75 Å². The molecular formula is C19H23Br2NO. The highest BCUT2D eigenvalue weighted by atomic mass is 79.9. The molecule has 0 spiro atoms. The van der Waals surface area contributed by atoms with Crippen LogP contribution in [0.3, 0.4) is 0 Å². The number of benzene rings is 2. The van der Waals surface area contributed by atoms with Gasteiger partial charge >= 0.3 is 0 Å². The topological polar surface area (TPSA) is 21.3 Å². The smallest absolute Gasteiger partial charge is 0.148 e. The van der Waals surface area contributed by atoms with Gasteiger partial charge in [0.15, 0.2) is 0 Å². The summed E-state index contributed by atoms with van der Waals surface area (Å²) < 4.78 is 7.90. The lowest BCUT2D eigenvalue weighted by Gasteiger charge is -2.13. The lowest BCUT2D eigenvalue weighted by atomic mass is 10.1. The van der Waals surface area contributed by atoms with Crippen molar-refractivity contribution in [2.45, 2.75) is 33.4 Å². The van der Waals surface area contributed by atoms with E-state index in [0.717, 1.165) is 39.3 Å². The molecule has 4 heteroatoms. The van der Waals surface area contributed by atoms with E-state index in [1.165, 1.54) is 12.0 Å². The van der Waals surface area contributed by atoms with E-state index >= 15 is 0 Å². The number of hydrogen-bond donors (Lipinski definition) is 1. The van der Waals surface area contributed by atoms with Crippen LogP contribution in [0.1, 0.15) is 31.4 Å². The Kier molecular flexibility index (Phi) is 7.60. The van der Waals surface area contributed by atoms with Crippen LogP contribution in [-0.2, 0) is 13.2 Å². The first kappa shape index (κ1) is 18.5. The third-order valence-electron chi connectivity index (χ3n) is 3.51. The van der Waals surface area contributed by atoms with Crippen molar-refractivity contribution in [1.29, 1.82) is 0 Å². The summed E-state index contributed by atoms with van der Waals surface area (Å²) in [5.41, 5.74) is 2.39. The average molecular weight is 441 g/mol. The Bertz CT molecular complexity index is 591. The average Bonchev–Trinajstić information content (AvgIpc) is 2.51. The fourth-order valence-electron chi connectivity index (χ4n) is 2.21. The molecule has 0 saturated carbocycles. The molecule has 2 aromatic rings. The third-order valence-corrected chi connectivity index (χ3v) is 4.69. The molecule has 0 heterocycles. The minimum absolute atomic E-state index is 0.560. The summed E-state index contributed by atoms with van der Waals surface area (Å²) in [6.45, 7) is 6.95. The number of halogens is 2. The lowest BCUT2D eigenvalue weighted by Crippen LogP contribution is -2.16. The molecule has 1 N–H and O–H groups in total. The molecule has 124 valence electrons. The van der Waals surface area contributed by atoms with Crippen molar-refractivity contribution in [2.75, 3.05) is 6.54 Å². The van der Waals surface area contributed by atoms with Gasteiger partial charge in [-0.2, -0.15) is 0 Å². The second-order valence-electron chi connectivity index (χ2n) is 6.02. The predicted molar refractivity (Wildman–Crippen MR) is 104 cm³/mol. The van der Waals surface area contributed by atoms with Crippen molar-refractivity contribution in [2.24, 2.45) is 5.92 Å². The van der Waals surface area contributed by atoms with Gasteiger partial charge in [-0.05, 0) is 74.0 Å². The zero-order valence-electron chi connectivity index (χ0n) is 13.6. The maximum Gasteiger partial charge on any atom is 0.148 e. The Morgan fingerprint density at radius 3 is 2.26 bits per heavy atom. The van der Waals surface area contributed by atoms with Gasteiger partial charge in [0.1, 0.15) is 12.4 Å². The van der Waals surface area contributed by atoms with E-state index in [4.69, 9.17) is 4.74 Å². The number of ether oxygens (including phenoxy) is 1. The highest BCUT2D eigenvalue weighted by Gasteiger charge is 2.09. The van der Waals surface area contributed by atoms with Crippen LogP contribution < -0.4 is 10.1 Å². The molecule has 2 aromatic carbocycles. The molecule has 0 aliphatic rings. The van der Waals surface area contributed by atoms with Crippen molar-refractivity contribution in [1.82, 2.24) is 5.32 Å². The van der Waals surface area contributed by atoms with Crippen LogP contribution in [0.25, 0.3) is 0 Å². The molecule has 0 radical (unpaired) electrons. The minimum atomic E-state index is 0.560. The Morgan fingerprint density at radius 2 is 1.65 bits per heavy atom. The normalized spacial score (nSPS) is 11.0. The Balaban J connectivity index is 1.94. The maximum atomic E-state index is 5.95. The molecule has 23 heavy (non-hydrogen) atoms. The first-order chi connectivity index (χ1) is 11.1. The van der Waals surface area contributed by atoms with Crippen LogP contribution in [0.4, 0.5) is 0 Å². The summed E-state index contributed by atoms with van der Waals surface area (Å²) in [5.74, 6) is 1.58. The fraction of sp³-hybridized carbons (Fsp3) is 0.368. The van der Waals surface area contributed by atoms with E-state index in [1.54, 1.807) is 0 Å². The van der Waals surface area contributed by atoms with Crippen LogP contribution in [0.15, 0.2) is 51.4 Å². The second-order valence-corrected chi connectivity index (χ2v) is 7.73. The molecule has 0 aromatic heterocycles. The van der Waals surface area contributed by atoms with Crippen LogP contribution >= 0.6 is 31.9 Å². The van der Waals surface area contributed by atoms with Gasteiger partial charge in [0.05, 0.1) is 8.95 Å². The van der Waals surface area contributed by atoms with Crippen molar-refractivity contribution < 1.29 is 4.74 Å². The second kappa shape index (κ2) is 9.45. The van der Waals surface area contributed by atoms with Crippen molar-refractivity contribution in [3.05, 3.63) is 62.5 Å². The molecule has 0 fully saturated rings. The lowest BCUT2D eigenvalue weighted by molar-refractivity contribution is 0.302. The molecule has 0 unspecified atom stereocenters. The standard InChI is InChI=1S/C19H23Br2NO/c1-14(2)8-9-22-12-16-10-17(20)19(18(21)11-16)23-13-15-6-4-3-5-7-15/h3-7,10-11,14,22H,8-9,12-13H2,1-2H3. The van der Waals surface area contributed by atoms with Crippen molar-refractivity contribution >= 4 is 31.9 Å². The summed E-state index contributed by atoms with van der Waals surface area (Å²) in [6, 6.07) is 14.4. The summed E-state index contributed by atoms with van der Waals surface area (Å²) in [4.78, 5) is 0. The number of hydrogen-bond acceptors (Lipinski definition) is 2. The largest absolute Gasteiger partial charge is 0.487 e. The molecule has 2 nitrogen and oxygen atoms in total. The van der Waals surface area contributed by atoms with Crippen LogP contribution in [-0.4, -0.2) is 6.54 Å². The van der Waals surface area contributed by atoms with E-state index in [9.17, 15) is 0 Å². The van der Waals surface area contributed by atoms with Crippen LogP contribution in [0.2, 0.25) is 0 Å². The Morgan fingerprint density at radius 1 is 1.00 bits per heavy atom. The summed E-state index contributed by atoms with van der Waals surface area (Å²) >= 11 is 7.24. The third kappa shape index (κ3) is 6.28. The molecule has 0 aliphatic heterocycles. The Hall–Kier alpha value is -0.840. The van der Waals surface area contributed by atoms with Gasteiger partial charge in [-0.3, -0.25) is 0 Å². The highest BCUT2D eigenvalue weighted by Crippen LogP contribution is 2.35. The Labute approximate surface area is 155 Å². The van der Waals surface area contributed by atoms with E-state index in [2.05, 4.69) is 75.3 Å². The maximum absolute atomic E-state index is 5.95. The molecule has 0 bridgehead atoms. The van der Waals surface area contributed by atoms with E-state index in [-0.39, 0.29) is 0 Å². The van der Waals surface area contributed by atoms with Gasteiger partial charge in [0, 0.05) is 6.54 Å². The van der Waals surface area contributed by atoms with Crippen LogP contribution in [0, 0.1) is 5.92 Å². The quantitative estimate of drug-likeness (QED) is 0.514. The molecule has 2 rings (SSSR count).